The summed E-state index contributed by atoms with van der Waals surface area (Å²) in [7, 11) is 0. The van der Waals surface area contributed by atoms with E-state index >= 15 is 0 Å². The Morgan fingerprint density at radius 2 is 1.61 bits per heavy atom. The van der Waals surface area contributed by atoms with Gasteiger partial charge in [-0.2, -0.15) is 0 Å². The maximum atomic E-state index is 13.5. The van der Waals surface area contributed by atoms with Crippen molar-refractivity contribution in [3.63, 3.8) is 0 Å². The fourth-order valence-corrected chi connectivity index (χ4v) is 4.28. The highest BCUT2D eigenvalue weighted by Crippen LogP contribution is 2.29. The molecule has 0 aliphatic carbocycles. The first-order chi connectivity index (χ1) is 17.2. The molecule has 0 fully saturated rings. The maximum Gasteiger partial charge on any atom is 0.332 e. The van der Waals surface area contributed by atoms with Crippen molar-refractivity contribution < 1.29 is 19.4 Å². The number of aryl methyl sites for hydroxylation is 2. The van der Waals surface area contributed by atoms with E-state index in [-0.39, 0.29) is 12.4 Å². The van der Waals surface area contributed by atoms with Gasteiger partial charge in [-0.3, -0.25) is 4.79 Å². The van der Waals surface area contributed by atoms with E-state index in [9.17, 15) is 9.59 Å². The number of aromatic nitrogens is 1. The highest BCUT2D eigenvalue weighted by atomic mass is 16.5. The Bertz CT molecular complexity index is 1430. The van der Waals surface area contributed by atoms with Gasteiger partial charge in [0.25, 0.3) is 0 Å². The highest BCUT2D eigenvalue weighted by Gasteiger charge is 2.21. The predicted molar refractivity (Wildman–Crippen MR) is 143 cm³/mol. The summed E-state index contributed by atoms with van der Waals surface area (Å²) in [5, 5.41) is 9.92. The summed E-state index contributed by atoms with van der Waals surface area (Å²) in [6.45, 7) is 8.48. The summed E-state index contributed by atoms with van der Waals surface area (Å²) in [6.07, 6.45) is 3.30. The second-order valence-electron chi connectivity index (χ2n) is 9.22. The van der Waals surface area contributed by atoms with E-state index in [1.807, 2.05) is 75.4 Å². The molecule has 1 heterocycles. The van der Waals surface area contributed by atoms with Gasteiger partial charge in [-0.05, 0) is 51.0 Å². The number of carbonyl (C=O) groups excluding carboxylic acids is 1. The van der Waals surface area contributed by atoms with E-state index in [1.165, 1.54) is 6.92 Å². The molecule has 0 aliphatic rings. The van der Waals surface area contributed by atoms with Crippen LogP contribution in [-0.4, -0.2) is 27.5 Å². The van der Waals surface area contributed by atoms with E-state index in [0.717, 1.165) is 44.4 Å². The number of benzene rings is 3. The SMILES string of the molecule is Cc1ccc(C(=O)c2c(C)n(C/C=C/c3ccc(CO[C@H](C)C(=O)O)cc3)c3ccc(C)cc23)cc1. The molecule has 5 heteroatoms. The van der Waals surface area contributed by atoms with Crippen LogP contribution in [0.3, 0.4) is 0 Å². The van der Waals surface area contributed by atoms with Gasteiger partial charge in [-0.25, -0.2) is 4.79 Å². The van der Waals surface area contributed by atoms with E-state index in [0.29, 0.717) is 12.1 Å². The number of nitrogens with zero attached hydrogens (tertiary/aromatic N) is 1. The van der Waals surface area contributed by atoms with E-state index < -0.39 is 12.1 Å². The molecule has 0 spiro atoms. The fourth-order valence-electron chi connectivity index (χ4n) is 4.28. The monoisotopic (exact) mass is 481 g/mol. The lowest BCUT2D eigenvalue weighted by molar-refractivity contribution is -0.149. The Balaban J connectivity index is 1.56. The predicted octanol–water partition coefficient (Wildman–Crippen LogP) is 6.50. The number of rotatable bonds is 9. The van der Waals surface area contributed by atoms with Crippen LogP contribution in [0.4, 0.5) is 0 Å². The molecular weight excluding hydrogens is 450 g/mol. The number of hydrogen-bond donors (Lipinski definition) is 1. The van der Waals surface area contributed by atoms with Crippen molar-refractivity contribution in [2.45, 2.75) is 47.0 Å². The Hall–Kier alpha value is -3.96. The lowest BCUT2D eigenvalue weighted by Gasteiger charge is -2.08. The van der Waals surface area contributed by atoms with Crippen LogP contribution in [-0.2, 0) is 22.7 Å². The van der Waals surface area contributed by atoms with Crippen molar-refractivity contribution in [1.29, 1.82) is 0 Å². The summed E-state index contributed by atoms with van der Waals surface area (Å²) in [5.41, 5.74) is 7.64. The van der Waals surface area contributed by atoms with Gasteiger partial charge in [0.15, 0.2) is 11.9 Å². The molecule has 5 nitrogen and oxygen atoms in total. The molecular formula is C31H31NO4. The van der Waals surface area contributed by atoms with Crippen molar-refractivity contribution >= 4 is 28.7 Å². The van der Waals surface area contributed by atoms with Gasteiger partial charge < -0.3 is 14.4 Å². The Labute approximate surface area is 211 Å². The van der Waals surface area contributed by atoms with Crippen LogP contribution in [0.25, 0.3) is 17.0 Å². The number of aliphatic carboxylic acids is 1. The number of allylic oxidation sites excluding steroid dienone is 1. The van der Waals surface area contributed by atoms with Crippen molar-refractivity contribution in [2.24, 2.45) is 0 Å². The van der Waals surface area contributed by atoms with Crippen LogP contribution < -0.4 is 0 Å². The zero-order valence-electron chi connectivity index (χ0n) is 21.1. The molecule has 0 radical (unpaired) electrons. The largest absolute Gasteiger partial charge is 0.479 e. The quantitative estimate of drug-likeness (QED) is 0.277. The van der Waals surface area contributed by atoms with Gasteiger partial charge in [-0.1, -0.05) is 77.9 Å². The van der Waals surface area contributed by atoms with Gasteiger partial charge in [0.05, 0.1) is 12.2 Å². The van der Waals surface area contributed by atoms with Gasteiger partial charge in [0, 0.05) is 28.7 Å². The molecule has 1 aromatic heterocycles. The second-order valence-corrected chi connectivity index (χ2v) is 9.22. The van der Waals surface area contributed by atoms with E-state index in [4.69, 9.17) is 9.84 Å². The molecule has 36 heavy (non-hydrogen) atoms. The van der Waals surface area contributed by atoms with Crippen LogP contribution in [0.1, 0.15) is 50.8 Å². The number of fused-ring (bicyclic) bond motifs is 1. The van der Waals surface area contributed by atoms with Crippen molar-refractivity contribution in [3.05, 3.63) is 112 Å². The normalized spacial score (nSPS) is 12.3. The Kier molecular flexibility index (Phi) is 7.51. The molecule has 4 aromatic rings. The highest BCUT2D eigenvalue weighted by molar-refractivity contribution is 6.17. The minimum atomic E-state index is -0.971. The van der Waals surface area contributed by atoms with E-state index in [1.54, 1.807) is 0 Å². The van der Waals surface area contributed by atoms with Gasteiger partial charge in [0.1, 0.15) is 0 Å². The molecule has 3 aromatic carbocycles. The average molecular weight is 482 g/mol. The van der Waals surface area contributed by atoms with Crippen LogP contribution in [0.15, 0.2) is 72.8 Å². The molecule has 0 unspecified atom stereocenters. The minimum Gasteiger partial charge on any atom is -0.479 e. The van der Waals surface area contributed by atoms with Gasteiger partial charge in [-0.15, -0.1) is 0 Å². The van der Waals surface area contributed by atoms with Gasteiger partial charge >= 0.3 is 5.97 Å². The second kappa shape index (κ2) is 10.8. The Morgan fingerprint density at radius 1 is 0.944 bits per heavy atom. The molecule has 0 saturated carbocycles. The fraction of sp³-hybridized carbons (Fsp3) is 0.226. The topological polar surface area (TPSA) is 68.5 Å². The van der Waals surface area contributed by atoms with Crippen LogP contribution in [0, 0.1) is 20.8 Å². The lowest BCUT2D eigenvalue weighted by atomic mass is 9.99. The Morgan fingerprint density at radius 3 is 2.28 bits per heavy atom. The smallest absolute Gasteiger partial charge is 0.332 e. The first kappa shape index (κ1) is 25.1. The maximum absolute atomic E-state index is 13.5. The molecule has 1 atom stereocenters. The molecule has 0 saturated heterocycles. The summed E-state index contributed by atoms with van der Waals surface area (Å²) >= 11 is 0. The molecule has 4 rings (SSSR count). The molecule has 0 amide bonds. The molecule has 0 bridgehead atoms. The first-order valence-electron chi connectivity index (χ1n) is 12.1. The first-order valence-corrected chi connectivity index (χ1v) is 12.1. The number of ketones is 1. The minimum absolute atomic E-state index is 0.0425. The lowest BCUT2D eigenvalue weighted by Crippen LogP contribution is -2.19. The van der Waals surface area contributed by atoms with Crippen LogP contribution in [0.5, 0.6) is 0 Å². The standard InChI is InChI=1S/C31H31NO4/c1-20-7-14-26(15-8-20)30(33)29-22(3)32(28-16-9-21(2)18-27(28)29)17-5-6-24-10-12-25(13-11-24)19-36-23(4)31(34)35/h5-16,18,23H,17,19H2,1-4H3,(H,34,35)/b6-5+/t23-/m1/s1. The number of carboxylic acids is 1. The third-order valence-corrected chi connectivity index (χ3v) is 6.45. The number of carboxylic acid groups (broad SMARTS) is 1. The van der Waals surface area contributed by atoms with Crippen molar-refractivity contribution in [1.82, 2.24) is 4.57 Å². The third-order valence-electron chi connectivity index (χ3n) is 6.45. The van der Waals surface area contributed by atoms with Crippen LogP contribution in [0.2, 0.25) is 0 Å². The number of hydrogen-bond acceptors (Lipinski definition) is 3. The molecule has 0 aliphatic heterocycles. The summed E-state index contributed by atoms with van der Waals surface area (Å²) < 4.78 is 7.52. The third kappa shape index (κ3) is 5.47. The van der Waals surface area contributed by atoms with E-state index in [2.05, 4.69) is 28.8 Å². The zero-order valence-corrected chi connectivity index (χ0v) is 21.1. The van der Waals surface area contributed by atoms with Gasteiger partial charge in [0.2, 0.25) is 0 Å². The van der Waals surface area contributed by atoms with Crippen LogP contribution >= 0.6 is 0 Å². The zero-order chi connectivity index (χ0) is 25.8. The summed E-state index contributed by atoms with van der Waals surface area (Å²) in [5.74, 6) is -0.929. The molecule has 184 valence electrons. The number of ether oxygens (including phenoxy) is 1. The molecule has 1 N–H and O–H groups in total. The average Bonchev–Trinajstić information content (AvgIpc) is 3.13. The van der Waals surface area contributed by atoms with Crippen molar-refractivity contribution in [2.75, 3.05) is 0 Å². The van der Waals surface area contributed by atoms with Crippen molar-refractivity contribution in [3.8, 4) is 0 Å². The number of carbonyl (C=O) groups is 2. The summed E-state index contributed by atoms with van der Waals surface area (Å²) in [4.78, 5) is 24.4. The summed E-state index contributed by atoms with van der Waals surface area (Å²) in [6, 6.07) is 21.8.